The summed E-state index contributed by atoms with van der Waals surface area (Å²) in [6, 6.07) is 50.6. The molecule has 0 aliphatic heterocycles. The molecule has 2 heteroatoms. The van der Waals surface area contributed by atoms with Crippen LogP contribution in [-0.2, 0) is 0 Å². The van der Waals surface area contributed by atoms with Crippen LogP contribution in [0, 0.1) is 0 Å². The topological polar surface area (TPSA) is 12.9 Å². The molecule has 0 amide bonds. The zero-order valence-electron chi connectivity index (χ0n) is 22.1. The van der Waals surface area contributed by atoms with E-state index in [0.29, 0.717) is 0 Å². The van der Waals surface area contributed by atoms with Crippen LogP contribution >= 0.6 is 11.3 Å². The van der Waals surface area contributed by atoms with E-state index in [-0.39, 0.29) is 0 Å². The molecule has 2 heterocycles. The molecule has 0 N–H and O–H groups in total. The van der Waals surface area contributed by atoms with Crippen LogP contribution in [0.5, 0.6) is 0 Å². The average molecular weight is 538 g/mol. The minimum atomic E-state index is 1.04. The van der Waals surface area contributed by atoms with E-state index in [1.54, 1.807) is 0 Å². The first-order valence-electron chi connectivity index (χ1n) is 14.0. The maximum absolute atomic E-state index is 5.26. The standard InChI is InChI=1S/C39H23NS/c1-2-14-29-27(12-1)28-13-3-4-15-30(28)34-23-25(20-21-31(29)34)24-10-9-11-26(22-24)38-37-33-17-6-8-19-36(33)41-39(37)32-16-5-7-18-35(32)40-38/h1-23H. The monoisotopic (exact) mass is 537 g/mol. The number of thiophene rings is 1. The van der Waals surface area contributed by atoms with Gasteiger partial charge in [0.25, 0.3) is 0 Å². The molecule has 0 fully saturated rings. The summed E-state index contributed by atoms with van der Waals surface area (Å²) >= 11 is 1.86. The Bertz CT molecular complexity index is 2450. The zero-order valence-corrected chi connectivity index (χ0v) is 23.0. The highest BCUT2D eigenvalue weighted by Crippen LogP contribution is 2.43. The molecule has 9 rings (SSSR count). The van der Waals surface area contributed by atoms with Crippen molar-refractivity contribution in [2.45, 2.75) is 0 Å². The Labute approximate surface area is 240 Å². The summed E-state index contributed by atoms with van der Waals surface area (Å²) in [4.78, 5) is 5.26. The molecule has 0 aliphatic carbocycles. The van der Waals surface area contributed by atoms with Crippen LogP contribution in [0.1, 0.15) is 0 Å². The second kappa shape index (κ2) is 8.72. The van der Waals surface area contributed by atoms with Crippen molar-refractivity contribution in [3.05, 3.63) is 140 Å². The van der Waals surface area contributed by atoms with Crippen molar-refractivity contribution in [3.63, 3.8) is 0 Å². The second-order valence-corrected chi connectivity index (χ2v) is 11.8. The average Bonchev–Trinajstić information content (AvgIpc) is 3.44. The summed E-state index contributed by atoms with van der Waals surface area (Å²) in [7, 11) is 0. The van der Waals surface area contributed by atoms with Crippen molar-refractivity contribution in [1.29, 1.82) is 0 Å². The molecular formula is C39H23NS. The number of rotatable bonds is 2. The minimum Gasteiger partial charge on any atom is -0.247 e. The molecule has 0 aliphatic rings. The van der Waals surface area contributed by atoms with Gasteiger partial charge in [-0.2, -0.15) is 0 Å². The first-order chi connectivity index (χ1) is 20.3. The predicted molar refractivity (Wildman–Crippen MR) is 178 cm³/mol. The molecule has 0 radical (unpaired) electrons. The van der Waals surface area contributed by atoms with E-state index in [1.165, 1.54) is 69.0 Å². The molecule has 0 bridgehead atoms. The fourth-order valence-corrected chi connectivity index (χ4v) is 7.79. The van der Waals surface area contributed by atoms with Gasteiger partial charge >= 0.3 is 0 Å². The van der Waals surface area contributed by atoms with Crippen molar-refractivity contribution in [1.82, 2.24) is 4.98 Å². The lowest BCUT2D eigenvalue weighted by atomic mass is 9.91. The number of benzene rings is 7. The molecule has 9 aromatic rings. The molecule has 190 valence electrons. The lowest BCUT2D eigenvalue weighted by Crippen LogP contribution is -1.89. The van der Waals surface area contributed by atoms with Gasteiger partial charge in [0.15, 0.2) is 0 Å². The van der Waals surface area contributed by atoms with E-state index in [9.17, 15) is 0 Å². The smallest absolute Gasteiger partial charge is 0.0803 e. The number of nitrogens with zero attached hydrogens (tertiary/aromatic N) is 1. The van der Waals surface area contributed by atoms with Gasteiger partial charge < -0.3 is 0 Å². The van der Waals surface area contributed by atoms with Crippen LogP contribution in [0.3, 0.4) is 0 Å². The maximum atomic E-state index is 5.26. The summed E-state index contributed by atoms with van der Waals surface area (Å²) in [6.07, 6.45) is 0. The number of pyridine rings is 1. The second-order valence-electron chi connectivity index (χ2n) is 10.7. The van der Waals surface area contributed by atoms with Gasteiger partial charge in [0.05, 0.1) is 11.2 Å². The van der Waals surface area contributed by atoms with E-state index in [1.807, 2.05) is 11.3 Å². The van der Waals surface area contributed by atoms with Crippen molar-refractivity contribution < 1.29 is 0 Å². The fraction of sp³-hybridized carbons (Fsp3) is 0. The van der Waals surface area contributed by atoms with Crippen LogP contribution in [0.4, 0.5) is 0 Å². The third-order valence-electron chi connectivity index (χ3n) is 8.43. The molecule has 0 unspecified atom stereocenters. The van der Waals surface area contributed by atoms with Gasteiger partial charge in [-0.3, -0.25) is 0 Å². The van der Waals surface area contributed by atoms with Crippen LogP contribution in [-0.4, -0.2) is 4.98 Å². The molecule has 7 aromatic carbocycles. The minimum absolute atomic E-state index is 1.04. The highest BCUT2D eigenvalue weighted by atomic mass is 32.1. The molecule has 0 spiro atoms. The summed E-state index contributed by atoms with van der Waals surface area (Å²) in [6.45, 7) is 0. The number of fused-ring (bicyclic) bond motifs is 11. The van der Waals surface area contributed by atoms with Gasteiger partial charge in [-0.05, 0) is 67.7 Å². The first-order valence-corrected chi connectivity index (χ1v) is 14.8. The number of para-hydroxylation sites is 1. The van der Waals surface area contributed by atoms with Crippen LogP contribution in [0.15, 0.2) is 140 Å². The Morgan fingerprint density at radius 2 is 0.951 bits per heavy atom. The fourth-order valence-electron chi connectivity index (χ4n) is 6.55. The van der Waals surface area contributed by atoms with Gasteiger partial charge in [-0.1, -0.05) is 115 Å². The first kappa shape index (κ1) is 22.7. The molecule has 0 saturated heterocycles. The van der Waals surface area contributed by atoms with Crippen LogP contribution < -0.4 is 0 Å². The Morgan fingerprint density at radius 1 is 0.390 bits per heavy atom. The van der Waals surface area contributed by atoms with Crippen molar-refractivity contribution in [3.8, 4) is 22.4 Å². The van der Waals surface area contributed by atoms with Crippen molar-refractivity contribution in [2.75, 3.05) is 0 Å². The van der Waals surface area contributed by atoms with Gasteiger partial charge in [-0.15, -0.1) is 11.3 Å². The normalized spacial score (nSPS) is 11.9. The van der Waals surface area contributed by atoms with Gasteiger partial charge in [0, 0.05) is 31.1 Å². The molecule has 0 saturated carbocycles. The van der Waals surface area contributed by atoms with E-state index in [4.69, 9.17) is 4.98 Å². The lowest BCUT2D eigenvalue weighted by molar-refractivity contribution is 1.43. The third-order valence-corrected chi connectivity index (χ3v) is 9.63. The summed E-state index contributed by atoms with van der Waals surface area (Å²) < 4.78 is 2.60. The summed E-state index contributed by atoms with van der Waals surface area (Å²) in [5.41, 5.74) is 5.65. The molecule has 41 heavy (non-hydrogen) atoms. The quantitative estimate of drug-likeness (QED) is 0.200. The van der Waals surface area contributed by atoms with Gasteiger partial charge in [0.2, 0.25) is 0 Å². The van der Waals surface area contributed by atoms with E-state index >= 15 is 0 Å². The predicted octanol–water partition coefficient (Wildman–Crippen LogP) is 11.4. The maximum Gasteiger partial charge on any atom is 0.0803 e. The largest absolute Gasteiger partial charge is 0.247 e. The molecular weight excluding hydrogens is 515 g/mol. The Hall–Kier alpha value is -5.05. The van der Waals surface area contributed by atoms with Gasteiger partial charge in [-0.25, -0.2) is 4.98 Å². The zero-order chi connectivity index (χ0) is 26.9. The molecule has 2 aromatic heterocycles. The highest BCUT2D eigenvalue weighted by molar-refractivity contribution is 7.26. The molecule has 0 atom stereocenters. The van der Waals surface area contributed by atoms with Crippen LogP contribution in [0.25, 0.3) is 85.8 Å². The van der Waals surface area contributed by atoms with Crippen molar-refractivity contribution in [2.24, 2.45) is 0 Å². The van der Waals surface area contributed by atoms with Gasteiger partial charge in [0.1, 0.15) is 0 Å². The SMILES string of the molecule is c1cc(-c2ccc3c4ccccc4c4ccccc4c3c2)cc(-c2nc3ccccc3c3sc4ccccc4c23)c1. The number of aromatic nitrogens is 1. The Morgan fingerprint density at radius 3 is 1.71 bits per heavy atom. The van der Waals surface area contributed by atoms with E-state index in [0.717, 1.165) is 16.8 Å². The van der Waals surface area contributed by atoms with Crippen molar-refractivity contribution >= 4 is 74.7 Å². The van der Waals surface area contributed by atoms with E-state index < -0.39 is 0 Å². The Kier molecular flexibility index (Phi) is 4.84. The highest BCUT2D eigenvalue weighted by Gasteiger charge is 2.17. The number of hydrogen-bond donors (Lipinski definition) is 0. The van der Waals surface area contributed by atoms with Crippen LogP contribution in [0.2, 0.25) is 0 Å². The summed E-state index contributed by atoms with van der Waals surface area (Å²) in [5.74, 6) is 0. The van der Waals surface area contributed by atoms with E-state index in [2.05, 4.69) is 140 Å². The lowest BCUT2D eigenvalue weighted by Gasteiger charge is -2.13. The number of hydrogen-bond acceptors (Lipinski definition) is 2. The third kappa shape index (κ3) is 3.38. The summed E-state index contributed by atoms with van der Waals surface area (Å²) in [5, 5.41) is 11.5. The molecule has 1 nitrogen and oxygen atoms in total. The Balaban J connectivity index is 1.30.